The zero-order chi connectivity index (χ0) is 15.0. The van der Waals surface area contributed by atoms with E-state index in [0.717, 1.165) is 5.56 Å². The monoisotopic (exact) mass is 300 g/mol. The quantitative estimate of drug-likeness (QED) is 0.856. The van der Waals surface area contributed by atoms with Gasteiger partial charge in [0.1, 0.15) is 17.1 Å². The van der Waals surface area contributed by atoms with Crippen molar-refractivity contribution < 1.29 is 13.7 Å². The summed E-state index contributed by atoms with van der Waals surface area (Å²) < 4.78 is 18.5. The third-order valence-corrected chi connectivity index (χ3v) is 5.43. The van der Waals surface area contributed by atoms with Crippen LogP contribution in [0.15, 0.2) is 53.4 Å². The van der Waals surface area contributed by atoms with Gasteiger partial charge in [-0.1, -0.05) is 29.8 Å². The van der Waals surface area contributed by atoms with Gasteiger partial charge >= 0.3 is 0 Å². The Bertz CT molecular complexity index is 706. The lowest BCUT2D eigenvalue weighted by Crippen LogP contribution is -2.43. The van der Waals surface area contributed by atoms with Crippen LogP contribution in [0.1, 0.15) is 22.8 Å². The first-order valence-electron chi connectivity index (χ1n) is 6.85. The van der Waals surface area contributed by atoms with E-state index < -0.39 is 22.2 Å². The Balaban J connectivity index is 1.97. The van der Waals surface area contributed by atoms with Crippen molar-refractivity contribution in [3.63, 3.8) is 0 Å². The van der Waals surface area contributed by atoms with Gasteiger partial charge in [-0.3, -0.25) is 9.00 Å². The minimum absolute atomic E-state index is 0.108. The van der Waals surface area contributed by atoms with Crippen LogP contribution in [0.3, 0.4) is 0 Å². The Kier molecular flexibility index (Phi) is 3.64. The first kappa shape index (κ1) is 14.0. The minimum atomic E-state index is -1.42. The van der Waals surface area contributed by atoms with Crippen LogP contribution in [0, 0.1) is 6.92 Å². The van der Waals surface area contributed by atoms with E-state index in [-0.39, 0.29) is 5.78 Å². The van der Waals surface area contributed by atoms with Gasteiger partial charge < -0.3 is 4.74 Å². The second kappa shape index (κ2) is 5.45. The fraction of sp³-hybridized carbons (Fsp3) is 0.235. The summed E-state index contributed by atoms with van der Waals surface area (Å²) >= 11 is 0. The number of rotatable bonds is 2. The highest BCUT2D eigenvalue weighted by molar-refractivity contribution is 7.86. The molecule has 0 N–H and O–H groups in total. The Morgan fingerprint density at radius 3 is 2.43 bits per heavy atom. The van der Waals surface area contributed by atoms with E-state index in [1.165, 1.54) is 0 Å². The van der Waals surface area contributed by atoms with Crippen LogP contribution in [-0.4, -0.2) is 21.3 Å². The van der Waals surface area contributed by atoms with Crippen molar-refractivity contribution in [1.29, 1.82) is 0 Å². The minimum Gasteiger partial charge on any atom is -0.488 e. The molecule has 0 unspecified atom stereocenters. The number of ketones is 1. The summed E-state index contributed by atoms with van der Waals surface area (Å²) in [7, 11) is -1.42. The molecule has 3 atom stereocenters. The molecular formula is C17H16O3S. The fourth-order valence-corrected chi connectivity index (χ4v) is 3.91. The van der Waals surface area contributed by atoms with Gasteiger partial charge in [-0.2, -0.15) is 0 Å². The Hall–Kier alpha value is -1.94. The van der Waals surface area contributed by atoms with E-state index in [1.54, 1.807) is 25.1 Å². The molecule has 108 valence electrons. The molecule has 1 heterocycles. The first-order valence-corrected chi connectivity index (χ1v) is 8.06. The lowest BCUT2D eigenvalue weighted by molar-refractivity contribution is 0.0883. The lowest BCUT2D eigenvalue weighted by atomic mass is 10.0. The van der Waals surface area contributed by atoms with Gasteiger partial charge in [0.05, 0.1) is 16.4 Å². The molecule has 4 heteroatoms. The number of aryl methyl sites for hydroxylation is 1. The van der Waals surface area contributed by atoms with E-state index in [2.05, 4.69) is 0 Å². The van der Waals surface area contributed by atoms with Crippen molar-refractivity contribution >= 4 is 16.6 Å². The molecule has 3 nitrogen and oxygen atoms in total. The average Bonchev–Trinajstić information content (AvgIpc) is 2.48. The van der Waals surface area contributed by atoms with Crippen molar-refractivity contribution in [3.05, 3.63) is 59.7 Å². The molecule has 0 radical (unpaired) electrons. The largest absolute Gasteiger partial charge is 0.488 e. The van der Waals surface area contributed by atoms with Crippen LogP contribution < -0.4 is 4.74 Å². The highest BCUT2D eigenvalue weighted by Crippen LogP contribution is 2.31. The Morgan fingerprint density at radius 2 is 1.71 bits per heavy atom. The SMILES string of the molecule is Cc1ccc([S@](=O)[C@H]2C(=O)c3ccccc3O[C@@H]2C)cc1. The van der Waals surface area contributed by atoms with Crippen LogP contribution in [0.4, 0.5) is 0 Å². The molecule has 0 aromatic heterocycles. The van der Waals surface area contributed by atoms with Crippen LogP contribution in [0.5, 0.6) is 5.75 Å². The topological polar surface area (TPSA) is 43.4 Å². The molecule has 0 bridgehead atoms. The molecule has 0 fully saturated rings. The number of Topliss-reactive ketones (excluding diaryl/α,β-unsaturated/α-hetero) is 1. The first-order chi connectivity index (χ1) is 10.1. The predicted molar refractivity (Wildman–Crippen MR) is 82.2 cm³/mol. The summed E-state index contributed by atoms with van der Waals surface area (Å²) in [5.74, 6) is 0.468. The molecule has 0 saturated carbocycles. The van der Waals surface area contributed by atoms with Gasteiger partial charge in [0, 0.05) is 4.90 Å². The number of hydrogen-bond donors (Lipinski definition) is 0. The summed E-state index contributed by atoms with van der Waals surface area (Å²) in [6.07, 6.45) is -0.408. The second-order valence-electron chi connectivity index (χ2n) is 5.21. The number of benzene rings is 2. The van der Waals surface area contributed by atoms with Gasteiger partial charge in [0.15, 0.2) is 5.78 Å². The van der Waals surface area contributed by atoms with Gasteiger partial charge in [-0.05, 0) is 38.1 Å². The van der Waals surface area contributed by atoms with Gasteiger partial charge in [0.2, 0.25) is 0 Å². The molecule has 2 aromatic rings. The van der Waals surface area contributed by atoms with Crippen LogP contribution in [-0.2, 0) is 10.8 Å². The Morgan fingerprint density at radius 1 is 1.05 bits per heavy atom. The van der Waals surface area contributed by atoms with Crippen molar-refractivity contribution in [1.82, 2.24) is 0 Å². The zero-order valence-electron chi connectivity index (χ0n) is 11.9. The van der Waals surface area contributed by atoms with E-state index in [4.69, 9.17) is 4.74 Å². The maximum absolute atomic E-state index is 12.8. The molecule has 0 aliphatic carbocycles. The Labute approximate surface area is 126 Å². The summed E-state index contributed by atoms with van der Waals surface area (Å²) in [4.78, 5) is 13.3. The van der Waals surface area contributed by atoms with Crippen molar-refractivity contribution in [2.24, 2.45) is 0 Å². The van der Waals surface area contributed by atoms with Gasteiger partial charge in [-0.15, -0.1) is 0 Å². The molecular weight excluding hydrogens is 284 g/mol. The van der Waals surface area contributed by atoms with Crippen LogP contribution in [0.25, 0.3) is 0 Å². The molecule has 0 amide bonds. The zero-order valence-corrected chi connectivity index (χ0v) is 12.7. The third kappa shape index (κ3) is 2.51. The molecule has 3 rings (SSSR count). The third-order valence-electron chi connectivity index (χ3n) is 3.63. The smallest absolute Gasteiger partial charge is 0.186 e. The van der Waals surface area contributed by atoms with Gasteiger partial charge in [-0.25, -0.2) is 0 Å². The van der Waals surface area contributed by atoms with E-state index in [0.29, 0.717) is 16.2 Å². The van der Waals surface area contributed by atoms with Crippen molar-refractivity contribution in [2.45, 2.75) is 30.1 Å². The summed E-state index contributed by atoms with van der Waals surface area (Å²) in [5.41, 5.74) is 1.61. The molecule has 1 aliphatic heterocycles. The number of carbonyl (C=O) groups is 1. The number of ether oxygens (including phenoxy) is 1. The van der Waals surface area contributed by atoms with Crippen molar-refractivity contribution in [2.75, 3.05) is 0 Å². The average molecular weight is 300 g/mol. The summed E-state index contributed by atoms with van der Waals surface area (Å²) in [5, 5.41) is -0.664. The molecule has 21 heavy (non-hydrogen) atoms. The molecule has 2 aromatic carbocycles. The second-order valence-corrected chi connectivity index (χ2v) is 6.79. The van der Waals surface area contributed by atoms with Gasteiger partial charge in [0.25, 0.3) is 0 Å². The van der Waals surface area contributed by atoms with E-state index in [9.17, 15) is 9.00 Å². The fourth-order valence-electron chi connectivity index (χ4n) is 2.49. The highest BCUT2D eigenvalue weighted by atomic mass is 32.2. The van der Waals surface area contributed by atoms with Crippen LogP contribution >= 0.6 is 0 Å². The lowest BCUT2D eigenvalue weighted by Gasteiger charge is -2.29. The van der Waals surface area contributed by atoms with E-state index in [1.807, 2.05) is 37.3 Å². The maximum Gasteiger partial charge on any atom is 0.186 e. The number of para-hydroxylation sites is 1. The highest BCUT2D eigenvalue weighted by Gasteiger charge is 2.39. The van der Waals surface area contributed by atoms with Crippen LogP contribution in [0.2, 0.25) is 0 Å². The predicted octanol–water partition coefficient (Wildman–Crippen LogP) is 3.14. The molecule has 1 aliphatic rings. The number of fused-ring (bicyclic) bond motifs is 1. The summed E-state index contributed by atoms with van der Waals surface area (Å²) in [6.45, 7) is 3.77. The standard InChI is InChI=1S/C17H16O3S/c1-11-7-9-13(10-8-11)21(19)17-12(2)20-15-6-4-3-5-14(15)16(17)18/h3-10,12,17H,1-2H3/t12-,17-,21+/m1/s1. The van der Waals surface area contributed by atoms with E-state index >= 15 is 0 Å². The normalized spacial score (nSPS) is 22.3. The molecule has 0 spiro atoms. The molecule has 0 saturated heterocycles. The maximum atomic E-state index is 12.8. The van der Waals surface area contributed by atoms with Crippen molar-refractivity contribution in [3.8, 4) is 5.75 Å². The summed E-state index contributed by atoms with van der Waals surface area (Å²) in [6, 6.07) is 14.5. The number of hydrogen-bond acceptors (Lipinski definition) is 3. The number of carbonyl (C=O) groups excluding carboxylic acids is 1.